The monoisotopic (exact) mass is 419 g/mol. The van der Waals surface area contributed by atoms with Crippen LogP contribution < -0.4 is 9.47 Å². The van der Waals surface area contributed by atoms with Crippen molar-refractivity contribution in [3.05, 3.63) is 44.5 Å². The van der Waals surface area contributed by atoms with Gasteiger partial charge in [-0.05, 0) is 62.5 Å². The Hall–Kier alpha value is -0.780. The third-order valence-electron chi connectivity index (χ3n) is 2.56. The molecule has 1 heterocycles. The van der Waals surface area contributed by atoms with Gasteiger partial charge in [-0.2, -0.15) is 0 Å². The maximum absolute atomic E-state index is 5.85. The molecule has 0 aliphatic carbocycles. The molecule has 3 nitrogen and oxygen atoms in total. The van der Waals surface area contributed by atoms with E-state index in [2.05, 4.69) is 36.8 Å². The summed E-state index contributed by atoms with van der Waals surface area (Å²) >= 11 is 12.7. The van der Waals surface area contributed by atoms with Crippen LogP contribution in [0, 0.1) is 6.92 Å². The number of aromatic nitrogens is 1. The van der Waals surface area contributed by atoms with Crippen molar-refractivity contribution in [2.45, 2.75) is 12.8 Å². The zero-order valence-corrected chi connectivity index (χ0v) is 14.8. The minimum Gasteiger partial charge on any atom is -0.496 e. The van der Waals surface area contributed by atoms with Crippen LogP contribution in [0.1, 0.15) is 11.3 Å². The minimum atomic E-state index is 0.424. The van der Waals surface area contributed by atoms with E-state index < -0.39 is 0 Å². The standard InChI is InChI=1S/C14H12Br2ClNO2/c1-8-3-9(7-17)4-14(18-8)20-13-6-10(15)12(19-2)5-11(13)16/h3-6H,7H2,1-2H3. The summed E-state index contributed by atoms with van der Waals surface area (Å²) in [6.07, 6.45) is 0. The molecule has 0 saturated carbocycles. The second kappa shape index (κ2) is 6.78. The van der Waals surface area contributed by atoms with Crippen molar-refractivity contribution >= 4 is 43.5 Å². The van der Waals surface area contributed by atoms with E-state index in [0.717, 1.165) is 26.0 Å². The summed E-state index contributed by atoms with van der Waals surface area (Å²) in [7, 11) is 1.61. The Kier molecular flexibility index (Phi) is 5.29. The number of ether oxygens (including phenoxy) is 2. The highest BCUT2D eigenvalue weighted by Gasteiger charge is 2.10. The molecule has 0 unspecified atom stereocenters. The fraction of sp³-hybridized carbons (Fsp3) is 0.214. The number of aryl methyl sites for hydroxylation is 1. The number of hydrogen-bond acceptors (Lipinski definition) is 3. The van der Waals surface area contributed by atoms with Gasteiger partial charge in [-0.25, -0.2) is 4.98 Å². The Morgan fingerprint density at radius 3 is 2.40 bits per heavy atom. The number of halogens is 3. The van der Waals surface area contributed by atoms with Gasteiger partial charge in [-0.15, -0.1) is 11.6 Å². The van der Waals surface area contributed by atoms with E-state index in [1.54, 1.807) is 7.11 Å². The molecule has 0 saturated heterocycles. The number of benzene rings is 1. The number of pyridine rings is 1. The molecule has 1 aromatic carbocycles. The van der Waals surface area contributed by atoms with Crippen LogP contribution in [0.15, 0.2) is 33.2 Å². The van der Waals surface area contributed by atoms with Gasteiger partial charge < -0.3 is 9.47 Å². The summed E-state index contributed by atoms with van der Waals surface area (Å²) in [4.78, 5) is 4.34. The molecule has 0 radical (unpaired) electrons. The lowest BCUT2D eigenvalue weighted by Gasteiger charge is -2.11. The lowest BCUT2D eigenvalue weighted by atomic mass is 10.2. The zero-order chi connectivity index (χ0) is 14.7. The van der Waals surface area contributed by atoms with E-state index in [0.29, 0.717) is 17.5 Å². The quantitative estimate of drug-likeness (QED) is 0.615. The molecule has 0 amide bonds. The summed E-state index contributed by atoms with van der Waals surface area (Å²) in [5, 5.41) is 0. The van der Waals surface area contributed by atoms with Gasteiger partial charge in [-0.3, -0.25) is 0 Å². The average Bonchev–Trinajstić information content (AvgIpc) is 2.41. The van der Waals surface area contributed by atoms with E-state index in [9.17, 15) is 0 Å². The molecule has 20 heavy (non-hydrogen) atoms. The van der Waals surface area contributed by atoms with Crippen LogP contribution in [0.25, 0.3) is 0 Å². The fourth-order valence-electron chi connectivity index (χ4n) is 1.69. The van der Waals surface area contributed by atoms with Crippen LogP contribution in [-0.4, -0.2) is 12.1 Å². The topological polar surface area (TPSA) is 31.4 Å². The zero-order valence-electron chi connectivity index (χ0n) is 10.9. The van der Waals surface area contributed by atoms with Crippen molar-refractivity contribution in [1.29, 1.82) is 0 Å². The SMILES string of the molecule is COc1cc(Br)c(Oc2cc(CCl)cc(C)n2)cc1Br. The molecule has 1 aromatic heterocycles. The Balaban J connectivity index is 2.35. The number of nitrogens with zero attached hydrogens (tertiary/aromatic N) is 1. The lowest BCUT2D eigenvalue weighted by Crippen LogP contribution is -1.94. The molecule has 0 aliphatic rings. The number of methoxy groups -OCH3 is 1. The van der Waals surface area contributed by atoms with Gasteiger partial charge in [0.25, 0.3) is 0 Å². The maximum Gasteiger partial charge on any atom is 0.219 e. The smallest absolute Gasteiger partial charge is 0.219 e. The largest absolute Gasteiger partial charge is 0.496 e. The molecule has 2 rings (SSSR count). The molecular weight excluding hydrogens is 409 g/mol. The van der Waals surface area contributed by atoms with E-state index >= 15 is 0 Å². The number of alkyl halides is 1. The van der Waals surface area contributed by atoms with Gasteiger partial charge in [0.15, 0.2) is 0 Å². The van der Waals surface area contributed by atoms with E-state index in [1.807, 2.05) is 31.2 Å². The molecule has 0 bridgehead atoms. The highest BCUT2D eigenvalue weighted by atomic mass is 79.9. The molecular formula is C14H12Br2ClNO2. The van der Waals surface area contributed by atoms with Crippen LogP contribution in [0.3, 0.4) is 0 Å². The Morgan fingerprint density at radius 2 is 1.75 bits per heavy atom. The highest BCUT2D eigenvalue weighted by Crippen LogP contribution is 2.37. The van der Waals surface area contributed by atoms with Crippen LogP contribution >= 0.6 is 43.5 Å². The van der Waals surface area contributed by atoms with Crippen molar-refractivity contribution < 1.29 is 9.47 Å². The predicted octanol–water partition coefficient (Wildman–Crippen LogP) is 5.45. The first-order valence-electron chi connectivity index (χ1n) is 5.78. The van der Waals surface area contributed by atoms with Crippen LogP contribution in [0.2, 0.25) is 0 Å². The van der Waals surface area contributed by atoms with Gasteiger partial charge in [0.05, 0.1) is 16.1 Å². The number of hydrogen-bond donors (Lipinski definition) is 0. The number of rotatable bonds is 4. The Bertz CT molecular complexity index is 635. The van der Waals surface area contributed by atoms with Crippen molar-refractivity contribution in [2.24, 2.45) is 0 Å². The third kappa shape index (κ3) is 3.65. The van der Waals surface area contributed by atoms with Gasteiger partial charge in [-0.1, -0.05) is 0 Å². The van der Waals surface area contributed by atoms with Crippen molar-refractivity contribution in [3.8, 4) is 17.4 Å². The molecule has 2 aromatic rings. The Morgan fingerprint density at radius 1 is 1.10 bits per heavy atom. The van der Waals surface area contributed by atoms with Gasteiger partial charge in [0, 0.05) is 17.6 Å². The van der Waals surface area contributed by atoms with Crippen molar-refractivity contribution in [2.75, 3.05) is 7.11 Å². The second-order valence-electron chi connectivity index (χ2n) is 4.11. The van der Waals surface area contributed by atoms with E-state index in [-0.39, 0.29) is 0 Å². The fourth-order valence-corrected chi connectivity index (χ4v) is 2.74. The summed E-state index contributed by atoms with van der Waals surface area (Å²) in [6, 6.07) is 7.41. The third-order valence-corrected chi connectivity index (χ3v) is 4.11. The molecule has 0 aliphatic heterocycles. The average molecular weight is 422 g/mol. The maximum atomic E-state index is 5.85. The minimum absolute atomic E-state index is 0.424. The van der Waals surface area contributed by atoms with Gasteiger partial charge >= 0.3 is 0 Å². The first-order chi connectivity index (χ1) is 9.53. The first-order valence-corrected chi connectivity index (χ1v) is 7.90. The normalized spacial score (nSPS) is 10.4. The van der Waals surface area contributed by atoms with Crippen LogP contribution in [0.5, 0.6) is 17.4 Å². The summed E-state index contributed by atoms with van der Waals surface area (Å²) < 4.78 is 12.6. The molecule has 0 spiro atoms. The summed E-state index contributed by atoms with van der Waals surface area (Å²) in [5.74, 6) is 2.31. The molecule has 106 valence electrons. The van der Waals surface area contributed by atoms with Crippen LogP contribution in [0.4, 0.5) is 0 Å². The summed E-state index contributed by atoms with van der Waals surface area (Å²) in [5.41, 5.74) is 1.83. The predicted molar refractivity (Wildman–Crippen MR) is 87.0 cm³/mol. The molecule has 0 atom stereocenters. The molecule has 0 fully saturated rings. The second-order valence-corrected chi connectivity index (χ2v) is 6.08. The van der Waals surface area contributed by atoms with Crippen molar-refractivity contribution in [1.82, 2.24) is 4.98 Å². The lowest BCUT2D eigenvalue weighted by molar-refractivity contribution is 0.408. The van der Waals surface area contributed by atoms with Crippen molar-refractivity contribution in [3.63, 3.8) is 0 Å². The summed E-state index contributed by atoms with van der Waals surface area (Å²) in [6.45, 7) is 1.90. The first kappa shape index (κ1) is 15.6. The Labute approximate surface area is 139 Å². The van der Waals surface area contributed by atoms with E-state index in [4.69, 9.17) is 21.1 Å². The highest BCUT2D eigenvalue weighted by molar-refractivity contribution is 9.11. The van der Waals surface area contributed by atoms with Gasteiger partial charge in [0.1, 0.15) is 11.5 Å². The molecule has 0 N–H and O–H groups in total. The molecule has 6 heteroatoms. The van der Waals surface area contributed by atoms with E-state index in [1.165, 1.54) is 0 Å². The van der Waals surface area contributed by atoms with Crippen LogP contribution in [-0.2, 0) is 5.88 Å². The van der Waals surface area contributed by atoms with Gasteiger partial charge in [0.2, 0.25) is 5.88 Å².